The Balaban J connectivity index is 1.81. The van der Waals surface area contributed by atoms with Crippen LogP contribution < -0.4 is 4.90 Å². The molecule has 0 spiro atoms. The molecule has 0 saturated carbocycles. The molecule has 3 aromatic heterocycles. The van der Waals surface area contributed by atoms with Crippen molar-refractivity contribution >= 4 is 32.6 Å². The number of carbonyl (C=O) groups excluding carboxylic acids is 1. The van der Waals surface area contributed by atoms with Crippen LogP contribution in [0.4, 0.5) is 5.13 Å². The van der Waals surface area contributed by atoms with Gasteiger partial charge in [-0.25, -0.2) is 4.98 Å². The van der Waals surface area contributed by atoms with Gasteiger partial charge in [-0.1, -0.05) is 34.7 Å². The lowest BCUT2D eigenvalue weighted by molar-refractivity contribution is 0.0976. The van der Waals surface area contributed by atoms with Crippen LogP contribution in [0.3, 0.4) is 0 Å². The summed E-state index contributed by atoms with van der Waals surface area (Å²) in [5, 5.41) is 4.51. The van der Waals surface area contributed by atoms with Gasteiger partial charge in [0.15, 0.2) is 10.8 Å². The highest BCUT2D eigenvalue weighted by molar-refractivity contribution is 7.22. The van der Waals surface area contributed by atoms with Gasteiger partial charge in [0.2, 0.25) is 0 Å². The first-order valence-electron chi connectivity index (χ1n) is 8.55. The Morgan fingerprint density at radius 2 is 1.96 bits per heavy atom. The van der Waals surface area contributed by atoms with Crippen molar-refractivity contribution in [3.63, 3.8) is 0 Å². The van der Waals surface area contributed by atoms with Crippen LogP contribution in [0.5, 0.6) is 0 Å². The van der Waals surface area contributed by atoms with E-state index in [9.17, 15) is 4.79 Å². The fraction of sp³-hybridized carbons (Fsp3) is 0.200. The van der Waals surface area contributed by atoms with Gasteiger partial charge in [-0.05, 0) is 44.0 Å². The number of hydrogen-bond donors (Lipinski definition) is 0. The maximum atomic E-state index is 13.2. The standard InChI is InChI=1S/C20H18N4O2S/c1-12-7-8-13(2)18-17(12)22-20(27-18)24(11-15-6-4-5-9-21-15)19(25)16-10-14(3)26-23-16/h4-10H,11H2,1-3H3. The second-order valence-corrected chi connectivity index (χ2v) is 7.39. The SMILES string of the molecule is Cc1cc(C(=O)N(Cc2ccccn2)c2nc3c(C)ccc(C)c3s2)no1. The average Bonchev–Trinajstić information content (AvgIpc) is 3.30. The van der Waals surface area contributed by atoms with Gasteiger partial charge in [0, 0.05) is 12.3 Å². The molecule has 3 heterocycles. The maximum absolute atomic E-state index is 13.2. The summed E-state index contributed by atoms with van der Waals surface area (Å²) in [5.74, 6) is 0.332. The van der Waals surface area contributed by atoms with E-state index in [4.69, 9.17) is 9.51 Å². The number of fused-ring (bicyclic) bond motifs is 1. The first-order chi connectivity index (χ1) is 13.0. The van der Waals surface area contributed by atoms with E-state index in [1.807, 2.05) is 31.2 Å². The predicted molar refractivity (Wildman–Crippen MR) is 105 cm³/mol. The quantitative estimate of drug-likeness (QED) is 0.524. The van der Waals surface area contributed by atoms with Crippen LogP contribution in [0, 0.1) is 20.8 Å². The van der Waals surface area contributed by atoms with Crippen LogP contribution in [0.15, 0.2) is 47.1 Å². The molecule has 27 heavy (non-hydrogen) atoms. The van der Waals surface area contributed by atoms with Gasteiger partial charge in [0.1, 0.15) is 5.76 Å². The van der Waals surface area contributed by atoms with Crippen LogP contribution in [0.25, 0.3) is 10.2 Å². The Kier molecular flexibility index (Phi) is 4.45. The lowest BCUT2D eigenvalue weighted by atomic mass is 10.1. The Labute approximate surface area is 160 Å². The Hall–Kier alpha value is -3.06. The van der Waals surface area contributed by atoms with Crippen molar-refractivity contribution in [3.05, 3.63) is 70.9 Å². The fourth-order valence-corrected chi connectivity index (χ4v) is 3.96. The summed E-state index contributed by atoms with van der Waals surface area (Å²) in [6.07, 6.45) is 1.71. The van der Waals surface area contributed by atoms with Gasteiger partial charge < -0.3 is 4.52 Å². The van der Waals surface area contributed by atoms with Gasteiger partial charge in [-0.2, -0.15) is 0 Å². The van der Waals surface area contributed by atoms with E-state index in [0.29, 0.717) is 17.4 Å². The Morgan fingerprint density at radius 3 is 2.63 bits per heavy atom. The summed E-state index contributed by atoms with van der Waals surface area (Å²) in [6.45, 7) is 6.15. The third kappa shape index (κ3) is 3.33. The van der Waals surface area contributed by atoms with Gasteiger partial charge in [-0.3, -0.25) is 14.7 Å². The third-order valence-corrected chi connectivity index (χ3v) is 5.51. The normalized spacial score (nSPS) is 11.1. The fourth-order valence-electron chi connectivity index (χ4n) is 2.85. The molecule has 7 heteroatoms. The van der Waals surface area contributed by atoms with Crippen LogP contribution in [0.2, 0.25) is 0 Å². The zero-order valence-corrected chi connectivity index (χ0v) is 16.1. The van der Waals surface area contributed by atoms with Gasteiger partial charge in [0.05, 0.1) is 22.5 Å². The zero-order valence-electron chi connectivity index (χ0n) is 15.3. The summed E-state index contributed by atoms with van der Waals surface area (Å²) in [5.41, 5.74) is 4.18. The van der Waals surface area contributed by atoms with E-state index in [0.717, 1.165) is 27.0 Å². The van der Waals surface area contributed by atoms with Gasteiger partial charge >= 0.3 is 0 Å². The van der Waals surface area contributed by atoms with Crippen molar-refractivity contribution in [3.8, 4) is 0 Å². The van der Waals surface area contributed by atoms with Gasteiger partial charge in [0.25, 0.3) is 5.91 Å². The molecule has 1 amide bonds. The van der Waals surface area contributed by atoms with Crippen molar-refractivity contribution in [2.24, 2.45) is 0 Å². The largest absolute Gasteiger partial charge is 0.361 e. The molecule has 0 atom stereocenters. The summed E-state index contributed by atoms with van der Waals surface area (Å²) in [4.78, 5) is 23.9. The summed E-state index contributed by atoms with van der Waals surface area (Å²) < 4.78 is 6.17. The highest BCUT2D eigenvalue weighted by atomic mass is 32.1. The third-order valence-electron chi connectivity index (χ3n) is 4.30. The smallest absolute Gasteiger partial charge is 0.282 e. The molecule has 6 nitrogen and oxygen atoms in total. The van der Waals surface area contributed by atoms with Crippen molar-refractivity contribution in [2.75, 3.05) is 4.90 Å². The van der Waals surface area contributed by atoms with E-state index in [1.165, 1.54) is 11.3 Å². The summed E-state index contributed by atoms with van der Waals surface area (Å²) in [7, 11) is 0. The minimum Gasteiger partial charge on any atom is -0.361 e. The number of rotatable bonds is 4. The number of thiazole rings is 1. The number of hydrogen-bond acceptors (Lipinski definition) is 6. The minimum absolute atomic E-state index is 0.258. The molecule has 0 fully saturated rings. The highest BCUT2D eigenvalue weighted by Crippen LogP contribution is 2.34. The zero-order chi connectivity index (χ0) is 19.0. The average molecular weight is 378 g/mol. The molecular formula is C20H18N4O2S. The topological polar surface area (TPSA) is 72.1 Å². The van der Waals surface area contributed by atoms with E-state index >= 15 is 0 Å². The summed E-state index contributed by atoms with van der Waals surface area (Å²) >= 11 is 1.50. The molecular weight excluding hydrogens is 360 g/mol. The van der Waals surface area contributed by atoms with Crippen LogP contribution >= 0.6 is 11.3 Å². The van der Waals surface area contributed by atoms with Gasteiger partial charge in [-0.15, -0.1) is 0 Å². The van der Waals surface area contributed by atoms with E-state index < -0.39 is 0 Å². The predicted octanol–water partition coefficient (Wildman–Crippen LogP) is 4.45. The highest BCUT2D eigenvalue weighted by Gasteiger charge is 2.25. The van der Waals surface area contributed by atoms with Crippen LogP contribution in [-0.4, -0.2) is 21.0 Å². The first-order valence-corrected chi connectivity index (χ1v) is 9.36. The minimum atomic E-state index is -0.258. The van der Waals surface area contributed by atoms with E-state index in [2.05, 4.69) is 23.1 Å². The summed E-state index contributed by atoms with van der Waals surface area (Å²) in [6, 6.07) is 11.4. The van der Waals surface area contributed by atoms with Crippen molar-refractivity contribution in [1.82, 2.24) is 15.1 Å². The monoisotopic (exact) mass is 378 g/mol. The van der Waals surface area contributed by atoms with Crippen molar-refractivity contribution < 1.29 is 9.32 Å². The van der Waals surface area contributed by atoms with Crippen LogP contribution in [-0.2, 0) is 6.54 Å². The molecule has 0 radical (unpaired) electrons. The molecule has 1 aromatic carbocycles. The second-order valence-electron chi connectivity index (χ2n) is 6.41. The van der Waals surface area contributed by atoms with E-state index in [1.54, 1.807) is 24.1 Å². The molecule has 4 rings (SSSR count). The molecule has 0 saturated heterocycles. The molecule has 0 N–H and O–H groups in total. The number of aryl methyl sites for hydroxylation is 3. The number of nitrogens with zero attached hydrogens (tertiary/aromatic N) is 4. The molecule has 0 aliphatic heterocycles. The molecule has 4 aromatic rings. The van der Waals surface area contributed by atoms with Crippen molar-refractivity contribution in [1.29, 1.82) is 0 Å². The molecule has 0 bridgehead atoms. The van der Waals surface area contributed by atoms with Crippen LogP contribution in [0.1, 0.15) is 33.1 Å². The van der Waals surface area contributed by atoms with E-state index in [-0.39, 0.29) is 11.6 Å². The Bertz CT molecular complexity index is 1080. The molecule has 136 valence electrons. The number of anilines is 1. The number of carbonyl (C=O) groups is 1. The molecule has 0 aliphatic carbocycles. The molecule has 0 aliphatic rings. The molecule has 0 unspecified atom stereocenters. The maximum Gasteiger partial charge on any atom is 0.282 e. The Morgan fingerprint density at radius 1 is 1.15 bits per heavy atom. The number of pyridine rings is 1. The number of aromatic nitrogens is 3. The second kappa shape index (κ2) is 6.92. The lowest BCUT2D eigenvalue weighted by Gasteiger charge is -2.18. The van der Waals surface area contributed by atoms with Crippen molar-refractivity contribution in [2.45, 2.75) is 27.3 Å². The number of amides is 1. The first kappa shape index (κ1) is 17.4. The number of benzene rings is 1. The lowest BCUT2D eigenvalue weighted by Crippen LogP contribution is -2.31.